The lowest BCUT2D eigenvalue weighted by Gasteiger charge is -2.04. The van der Waals surface area contributed by atoms with Crippen LogP contribution in [0.2, 0.25) is 0 Å². The van der Waals surface area contributed by atoms with E-state index in [9.17, 15) is 18.0 Å². The number of ketones is 1. The second kappa shape index (κ2) is 5.26. The molecule has 0 heterocycles. The van der Waals surface area contributed by atoms with Crippen LogP contribution in [0.1, 0.15) is 21.5 Å². The van der Waals surface area contributed by atoms with E-state index >= 15 is 0 Å². The average molecular weight is 264 g/mol. The van der Waals surface area contributed by atoms with Crippen molar-refractivity contribution < 1.29 is 18.0 Å². The summed E-state index contributed by atoms with van der Waals surface area (Å²) in [6, 6.07) is 7.48. The molecule has 0 atom stereocenters. The molecule has 0 aromatic heterocycles. The highest BCUT2D eigenvalue weighted by Gasteiger charge is 2.13. The SMILES string of the molecule is Cc1ccc(C(=O)Cc2ccc(F)c(F)c2)c(F)c1. The van der Waals surface area contributed by atoms with Crippen LogP contribution in [0.3, 0.4) is 0 Å². The Morgan fingerprint density at radius 3 is 2.32 bits per heavy atom. The molecule has 0 aliphatic carbocycles. The zero-order valence-electron chi connectivity index (χ0n) is 10.2. The number of halogens is 3. The second-order valence-electron chi connectivity index (χ2n) is 4.33. The number of Topliss-reactive ketones (excluding diaryl/α,β-unsaturated/α-hetero) is 1. The summed E-state index contributed by atoms with van der Waals surface area (Å²) in [5.41, 5.74) is 0.973. The number of hydrogen-bond donors (Lipinski definition) is 0. The Bertz CT molecular complexity index is 635. The van der Waals surface area contributed by atoms with E-state index in [4.69, 9.17) is 0 Å². The van der Waals surface area contributed by atoms with Gasteiger partial charge in [0.25, 0.3) is 0 Å². The Labute approximate surface area is 108 Å². The van der Waals surface area contributed by atoms with Crippen LogP contribution in [0.25, 0.3) is 0 Å². The van der Waals surface area contributed by atoms with Gasteiger partial charge in [-0.15, -0.1) is 0 Å². The van der Waals surface area contributed by atoms with Crippen LogP contribution in [-0.2, 0) is 6.42 Å². The summed E-state index contributed by atoms with van der Waals surface area (Å²) >= 11 is 0. The zero-order chi connectivity index (χ0) is 14.0. The van der Waals surface area contributed by atoms with E-state index in [2.05, 4.69) is 0 Å². The molecule has 0 unspecified atom stereocenters. The molecule has 19 heavy (non-hydrogen) atoms. The van der Waals surface area contributed by atoms with Crippen LogP contribution >= 0.6 is 0 Å². The maximum atomic E-state index is 13.6. The number of carbonyl (C=O) groups excluding carboxylic acids is 1. The van der Waals surface area contributed by atoms with Gasteiger partial charge in [-0.25, -0.2) is 13.2 Å². The number of carbonyl (C=O) groups is 1. The van der Waals surface area contributed by atoms with Gasteiger partial charge < -0.3 is 0 Å². The van der Waals surface area contributed by atoms with E-state index in [1.807, 2.05) is 0 Å². The lowest BCUT2D eigenvalue weighted by atomic mass is 10.0. The zero-order valence-corrected chi connectivity index (χ0v) is 10.2. The Morgan fingerprint density at radius 1 is 0.947 bits per heavy atom. The van der Waals surface area contributed by atoms with Gasteiger partial charge in [0, 0.05) is 6.42 Å². The molecule has 2 rings (SSSR count). The molecule has 0 amide bonds. The Balaban J connectivity index is 2.23. The van der Waals surface area contributed by atoms with Crippen molar-refractivity contribution in [3.05, 3.63) is 70.5 Å². The number of rotatable bonds is 3. The molecule has 0 bridgehead atoms. The molecule has 0 saturated heterocycles. The van der Waals surface area contributed by atoms with Crippen molar-refractivity contribution >= 4 is 5.78 Å². The highest BCUT2D eigenvalue weighted by Crippen LogP contribution is 2.15. The lowest BCUT2D eigenvalue weighted by molar-refractivity contribution is 0.0989. The Morgan fingerprint density at radius 2 is 1.68 bits per heavy atom. The van der Waals surface area contributed by atoms with Crippen molar-refractivity contribution in [3.63, 3.8) is 0 Å². The summed E-state index contributed by atoms with van der Waals surface area (Å²) in [5, 5.41) is 0. The summed E-state index contributed by atoms with van der Waals surface area (Å²) < 4.78 is 39.3. The molecule has 0 N–H and O–H groups in total. The van der Waals surface area contributed by atoms with Crippen LogP contribution in [-0.4, -0.2) is 5.78 Å². The second-order valence-corrected chi connectivity index (χ2v) is 4.33. The number of benzene rings is 2. The molecule has 2 aromatic rings. The van der Waals surface area contributed by atoms with Crippen molar-refractivity contribution in [1.29, 1.82) is 0 Å². The maximum absolute atomic E-state index is 13.6. The Kier molecular flexibility index (Phi) is 3.69. The van der Waals surface area contributed by atoms with Crippen LogP contribution < -0.4 is 0 Å². The maximum Gasteiger partial charge on any atom is 0.170 e. The van der Waals surface area contributed by atoms with Gasteiger partial charge >= 0.3 is 0 Å². The highest BCUT2D eigenvalue weighted by molar-refractivity contribution is 5.97. The predicted octanol–water partition coefficient (Wildman–Crippen LogP) is 3.84. The van der Waals surface area contributed by atoms with Gasteiger partial charge in [0.1, 0.15) is 5.82 Å². The molecular weight excluding hydrogens is 253 g/mol. The molecule has 0 spiro atoms. The molecule has 0 fully saturated rings. The van der Waals surface area contributed by atoms with Crippen LogP contribution in [0.4, 0.5) is 13.2 Å². The van der Waals surface area contributed by atoms with Crippen molar-refractivity contribution in [2.24, 2.45) is 0 Å². The minimum Gasteiger partial charge on any atom is -0.294 e. The largest absolute Gasteiger partial charge is 0.294 e. The molecule has 0 aliphatic heterocycles. The normalized spacial score (nSPS) is 10.5. The monoisotopic (exact) mass is 264 g/mol. The minimum absolute atomic E-state index is 0.0460. The summed E-state index contributed by atoms with van der Waals surface area (Å²) in [7, 11) is 0. The first-order valence-corrected chi connectivity index (χ1v) is 5.70. The smallest absolute Gasteiger partial charge is 0.170 e. The molecule has 0 saturated carbocycles. The van der Waals surface area contributed by atoms with Crippen LogP contribution in [0, 0.1) is 24.4 Å². The molecule has 0 aliphatic rings. The van der Waals surface area contributed by atoms with E-state index in [-0.39, 0.29) is 12.0 Å². The molecule has 0 radical (unpaired) electrons. The predicted molar refractivity (Wildman–Crippen MR) is 65.5 cm³/mol. The first kappa shape index (κ1) is 13.3. The molecule has 2 aromatic carbocycles. The van der Waals surface area contributed by atoms with E-state index < -0.39 is 23.2 Å². The van der Waals surface area contributed by atoms with Gasteiger partial charge in [0.05, 0.1) is 5.56 Å². The fraction of sp³-hybridized carbons (Fsp3) is 0.133. The van der Waals surface area contributed by atoms with Crippen molar-refractivity contribution in [1.82, 2.24) is 0 Å². The lowest BCUT2D eigenvalue weighted by Crippen LogP contribution is -2.07. The van der Waals surface area contributed by atoms with E-state index in [1.165, 1.54) is 18.2 Å². The van der Waals surface area contributed by atoms with Crippen molar-refractivity contribution in [3.8, 4) is 0 Å². The number of aryl methyl sites for hydroxylation is 1. The van der Waals surface area contributed by atoms with E-state index in [0.29, 0.717) is 11.1 Å². The summed E-state index contributed by atoms with van der Waals surface area (Å²) in [6.07, 6.45) is -0.169. The molecule has 1 nitrogen and oxygen atoms in total. The third-order valence-corrected chi connectivity index (χ3v) is 2.77. The summed E-state index contributed by atoms with van der Waals surface area (Å²) in [5.74, 6) is -3.07. The average Bonchev–Trinajstić information content (AvgIpc) is 2.33. The third-order valence-electron chi connectivity index (χ3n) is 2.77. The fourth-order valence-corrected chi connectivity index (χ4v) is 1.78. The van der Waals surface area contributed by atoms with Gasteiger partial charge in [-0.3, -0.25) is 4.79 Å². The fourth-order valence-electron chi connectivity index (χ4n) is 1.78. The van der Waals surface area contributed by atoms with Gasteiger partial charge in [0.2, 0.25) is 0 Å². The summed E-state index contributed by atoms with van der Waals surface area (Å²) in [6.45, 7) is 1.71. The molecule has 98 valence electrons. The number of hydrogen-bond acceptors (Lipinski definition) is 1. The molecule has 4 heteroatoms. The standard InChI is InChI=1S/C15H11F3O/c1-9-2-4-11(13(17)6-9)15(19)8-10-3-5-12(16)14(18)7-10/h2-7H,8H2,1H3. The van der Waals surface area contributed by atoms with Gasteiger partial charge in [-0.05, 0) is 42.3 Å². The van der Waals surface area contributed by atoms with Gasteiger partial charge in [-0.2, -0.15) is 0 Å². The first-order chi connectivity index (χ1) is 8.97. The topological polar surface area (TPSA) is 17.1 Å². The quantitative estimate of drug-likeness (QED) is 0.770. The molecular formula is C15H11F3O. The minimum atomic E-state index is -1.02. The van der Waals surface area contributed by atoms with Crippen molar-refractivity contribution in [2.45, 2.75) is 13.3 Å². The highest BCUT2D eigenvalue weighted by atomic mass is 19.2. The summed E-state index contributed by atoms with van der Waals surface area (Å²) in [4.78, 5) is 11.9. The van der Waals surface area contributed by atoms with Gasteiger partial charge in [-0.1, -0.05) is 12.1 Å². The van der Waals surface area contributed by atoms with E-state index in [1.54, 1.807) is 13.0 Å². The van der Waals surface area contributed by atoms with Gasteiger partial charge in [0.15, 0.2) is 17.4 Å². The first-order valence-electron chi connectivity index (χ1n) is 5.70. The van der Waals surface area contributed by atoms with Crippen LogP contribution in [0.15, 0.2) is 36.4 Å². The van der Waals surface area contributed by atoms with Crippen LogP contribution in [0.5, 0.6) is 0 Å². The van der Waals surface area contributed by atoms with E-state index in [0.717, 1.165) is 12.1 Å². The van der Waals surface area contributed by atoms with Crippen molar-refractivity contribution in [2.75, 3.05) is 0 Å². The Hall–Kier alpha value is -2.10. The third kappa shape index (κ3) is 3.02.